The van der Waals surface area contributed by atoms with Crippen LogP contribution in [-0.2, 0) is 16.1 Å². The molecule has 0 unspecified atom stereocenters. The molecule has 0 aliphatic heterocycles. The van der Waals surface area contributed by atoms with E-state index in [9.17, 15) is 9.59 Å². The Morgan fingerprint density at radius 2 is 2.00 bits per heavy atom. The largest absolute Gasteiger partial charge is 0.462 e. The van der Waals surface area contributed by atoms with Gasteiger partial charge < -0.3 is 14.6 Å². The molecule has 156 valence electrons. The van der Waals surface area contributed by atoms with Crippen molar-refractivity contribution in [1.82, 2.24) is 24.8 Å². The van der Waals surface area contributed by atoms with Gasteiger partial charge in [0.2, 0.25) is 5.91 Å². The fraction of sp³-hybridized carbons (Fsp3) is 0.286. The van der Waals surface area contributed by atoms with Crippen LogP contribution in [0.3, 0.4) is 0 Å². The fourth-order valence-electron chi connectivity index (χ4n) is 3.40. The molecule has 2 aromatic heterocycles. The first kappa shape index (κ1) is 21.0. The van der Waals surface area contributed by atoms with Crippen molar-refractivity contribution < 1.29 is 14.3 Å². The van der Waals surface area contributed by atoms with E-state index in [-0.39, 0.29) is 18.5 Å². The summed E-state index contributed by atoms with van der Waals surface area (Å²) < 4.78 is 8.73. The summed E-state index contributed by atoms with van der Waals surface area (Å²) in [6.07, 6.45) is 4.54. The molecule has 9 nitrogen and oxygen atoms in total. The predicted octanol–water partition coefficient (Wildman–Crippen LogP) is 2.93. The van der Waals surface area contributed by atoms with Gasteiger partial charge in [-0.05, 0) is 62.4 Å². The number of rotatable bonds is 7. The van der Waals surface area contributed by atoms with E-state index in [0.29, 0.717) is 23.4 Å². The Hall–Kier alpha value is -3.75. The third-order valence-corrected chi connectivity index (χ3v) is 4.76. The Bertz CT molecular complexity index is 1080. The quantitative estimate of drug-likeness (QED) is 0.476. The molecule has 1 amide bonds. The second kappa shape index (κ2) is 9.17. The average molecular weight is 408 g/mol. The topological polar surface area (TPSA) is 104 Å². The smallest absolute Gasteiger partial charge is 0.340 e. The van der Waals surface area contributed by atoms with Gasteiger partial charge in [-0.25, -0.2) is 9.48 Å². The van der Waals surface area contributed by atoms with Crippen LogP contribution in [-0.4, -0.2) is 43.3 Å². The lowest BCUT2D eigenvalue weighted by molar-refractivity contribution is -0.111. The summed E-state index contributed by atoms with van der Waals surface area (Å²) in [5.41, 5.74) is 4.22. The SMILES string of the molecule is CCOC(=O)c1c(/C=C/C(=O)Nc2cccc(-n3cnnn3)c2)c(C)n(CC)c1C. The highest BCUT2D eigenvalue weighted by molar-refractivity contribution is 6.04. The van der Waals surface area contributed by atoms with Crippen LogP contribution in [0.25, 0.3) is 11.8 Å². The molecule has 0 bridgehead atoms. The van der Waals surface area contributed by atoms with Crippen LogP contribution in [0.15, 0.2) is 36.7 Å². The summed E-state index contributed by atoms with van der Waals surface area (Å²) in [7, 11) is 0. The van der Waals surface area contributed by atoms with Crippen LogP contribution >= 0.6 is 0 Å². The Morgan fingerprint density at radius 3 is 2.67 bits per heavy atom. The van der Waals surface area contributed by atoms with Crippen LogP contribution in [0, 0.1) is 13.8 Å². The molecule has 0 aliphatic carbocycles. The molecule has 0 fully saturated rings. The number of carbonyl (C=O) groups excluding carboxylic acids is 2. The van der Waals surface area contributed by atoms with Gasteiger partial charge in [-0.15, -0.1) is 5.10 Å². The molecule has 9 heteroatoms. The second-order valence-electron chi connectivity index (χ2n) is 6.55. The van der Waals surface area contributed by atoms with Gasteiger partial charge >= 0.3 is 5.97 Å². The molecule has 0 saturated carbocycles. The Morgan fingerprint density at radius 1 is 1.20 bits per heavy atom. The van der Waals surface area contributed by atoms with E-state index in [0.717, 1.165) is 17.1 Å². The van der Waals surface area contributed by atoms with E-state index in [2.05, 4.69) is 20.8 Å². The lowest BCUT2D eigenvalue weighted by atomic mass is 10.1. The summed E-state index contributed by atoms with van der Waals surface area (Å²) >= 11 is 0. The minimum Gasteiger partial charge on any atom is -0.462 e. The minimum atomic E-state index is -0.389. The van der Waals surface area contributed by atoms with Gasteiger partial charge in [0, 0.05) is 35.3 Å². The molecule has 1 N–H and O–H groups in total. The molecule has 0 aliphatic rings. The van der Waals surface area contributed by atoms with Crippen molar-refractivity contribution in [2.45, 2.75) is 34.2 Å². The highest BCUT2D eigenvalue weighted by Gasteiger charge is 2.22. The number of anilines is 1. The number of tetrazole rings is 1. The number of amides is 1. The van der Waals surface area contributed by atoms with E-state index in [4.69, 9.17) is 4.74 Å². The third-order valence-electron chi connectivity index (χ3n) is 4.76. The van der Waals surface area contributed by atoms with E-state index in [1.165, 1.54) is 17.1 Å². The van der Waals surface area contributed by atoms with Crippen molar-refractivity contribution in [3.63, 3.8) is 0 Å². The number of benzene rings is 1. The number of hydrogen-bond donors (Lipinski definition) is 1. The monoisotopic (exact) mass is 408 g/mol. The van der Waals surface area contributed by atoms with Gasteiger partial charge in [0.25, 0.3) is 0 Å². The van der Waals surface area contributed by atoms with Crippen molar-refractivity contribution in [3.8, 4) is 5.69 Å². The minimum absolute atomic E-state index is 0.288. The van der Waals surface area contributed by atoms with Gasteiger partial charge in [-0.3, -0.25) is 4.79 Å². The summed E-state index contributed by atoms with van der Waals surface area (Å²) in [6.45, 7) is 8.58. The maximum absolute atomic E-state index is 12.5. The van der Waals surface area contributed by atoms with Crippen molar-refractivity contribution in [1.29, 1.82) is 0 Å². The summed E-state index contributed by atoms with van der Waals surface area (Å²) in [5, 5.41) is 13.9. The summed E-state index contributed by atoms with van der Waals surface area (Å²) in [5.74, 6) is -0.709. The maximum Gasteiger partial charge on any atom is 0.340 e. The average Bonchev–Trinajstić information content (AvgIpc) is 3.33. The molecule has 0 radical (unpaired) electrons. The van der Waals surface area contributed by atoms with Crippen molar-refractivity contribution in [2.75, 3.05) is 11.9 Å². The van der Waals surface area contributed by atoms with Crippen LogP contribution in [0.4, 0.5) is 5.69 Å². The molecule has 0 spiro atoms. The van der Waals surface area contributed by atoms with Crippen LogP contribution in [0.2, 0.25) is 0 Å². The number of ether oxygens (including phenoxy) is 1. The molecular weight excluding hydrogens is 384 g/mol. The number of aromatic nitrogens is 5. The van der Waals surface area contributed by atoms with Gasteiger partial charge in [0.15, 0.2) is 0 Å². The third kappa shape index (κ3) is 4.29. The van der Waals surface area contributed by atoms with Gasteiger partial charge in [-0.1, -0.05) is 6.07 Å². The Balaban J connectivity index is 1.83. The number of esters is 1. The Labute approximate surface area is 174 Å². The first-order valence-corrected chi connectivity index (χ1v) is 9.65. The molecule has 3 aromatic rings. The number of carbonyl (C=O) groups is 2. The van der Waals surface area contributed by atoms with Crippen molar-refractivity contribution in [2.24, 2.45) is 0 Å². The summed E-state index contributed by atoms with van der Waals surface area (Å²) in [6, 6.07) is 7.15. The molecule has 0 saturated heterocycles. The van der Waals surface area contributed by atoms with E-state index >= 15 is 0 Å². The second-order valence-corrected chi connectivity index (χ2v) is 6.55. The van der Waals surface area contributed by atoms with E-state index < -0.39 is 0 Å². The van der Waals surface area contributed by atoms with Gasteiger partial charge in [0.05, 0.1) is 17.9 Å². The van der Waals surface area contributed by atoms with Gasteiger partial charge in [0.1, 0.15) is 6.33 Å². The highest BCUT2D eigenvalue weighted by Crippen LogP contribution is 2.25. The van der Waals surface area contributed by atoms with Gasteiger partial charge in [-0.2, -0.15) is 0 Å². The number of nitrogens with one attached hydrogen (secondary N) is 1. The fourth-order valence-corrected chi connectivity index (χ4v) is 3.40. The van der Waals surface area contributed by atoms with E-state index in [1.54, 1.807) is 31.2 Å². The molecule has 2 heterocycles. The number of nitrogens with zero attached hydrogens (tertiary/aromatic N) is 5. The van der Waals surface area contributed by atoms with Crippen LogP contribution in [0.1, 0.15) is 41.2 Å². The molecule has 30 heavy (non-hydrogen) atoms. The zero-order chi connectivity index (χ0) is 21.7. The molecule has 3 rings (SSSR count). The normalized spacial score (nSPS) is 11.1. The molecule has 0 atom stereocenters. The lowest BCUT2D eigenvalue weighted by Crippen LogP contribution is -2.09. The standard InChI is InChI=1S/C21H24N6O3/c1-5-26-14(3)18(20(15(26)4)21(29)30-6-2)10-11-19(28)23-16-8-7-9-17(12-16)27-13-22-24-25-27/h7-13H,5-6H2,1-4H3,(H,23,28)/b11-10+. The Kier molecular flexibility index (Phi) is 6.41. The number of hydrogen-bond acceptors (Lipinski definition) is 6. The zero-order valence-corrected chi connectivity index (χ0v) is 17.4. The highest BCUT2D eigenvalue weighted by atomic mass is 16.5. The van der Waals surface area contributed by atoms with E-state index in [1.807, 2.05) is 31.4 Å². The first-order chi connectivity index (χ1) is 14.5. The molecule has 1 aromatic carbocycles. The van der Waals surface area contributed by atoms with Crippen LogP contribution in [0.5, 0.6) is 0 Å². The van der Waals surface area contributed by atoms with Crippen molar-refractivity contribution in [3.05, 3.63) is 59.2 Å². The maximum atomic E-state index is 12.5. The first-order valence-electron chi connectivity index (χ1n) is 9.65. The predicted molar refractivity (Wildman–Crippen MR) is 112 cm³/mol. The van der Waals surface area contributed by atoms with Crippen LogP contribution < -0.4 is 5.32 Å². The zero-order valence-electron chi connectivity index (χ0n) is 17.4. The van der Waals surface area contributed by atoms with Crippen molar-refractivity contribution >= 4 is 23.6 Å². The summed E-state index contributed by atoms with van der Waals surface area (Å²) in [4.78, 5) is 25.0. The lowest BCUT2D eigenvalue weighted by Gasteiger charge is -2.05. The molecular formula is C21H24N6O3.